The maximum Gasteiger partial charge on any atom is 0.338 e. The van der Waals surface area contributed by atoms with E-state index in [0.29, 0.717) is 30.8 Å². The van der Waals surface area contributed by atoms with E-state index in [1.807, 2.05) is 4.90 Å². The molecule has 0 aliphatic carbocycles. The highest BCUT2D eigenvalue weighted by molar-refractivity contribution is 5.94. The van der Waals surface area contributed by atoms with Gasteiger partial charge in [0.2, 0.25) is 0 Å². The van der Waals surface area contributed by atoms with Crippen LogP contribution in [0.4, 0.5) is 5.82 Å². The Hall–Kier alpha value is -2.96. The Morgan fingerprint density at radius 1 is 1.08 bits per heavy atom. The van der Waals surface area contributed by atoms with Gasteiger partial charge in [-0.1, -0.05) is 0 Å². The normalized spacial score (nSPS) is 14.8. The molecule has 7 nitrogen and oxygen atoms in total. The summed E-state index contributed by atoms with van der Waals surface area (Å²) in [4.78, 5) is 36.5. The summed E-state index contributed by atoms with van der Waals surface area (Å²) in [5, 5.41) is 0. The third-order valence-corrected chi connectivity index (χ3v) is 4.18. The number of rotatable bonds is 3. The van der Waals surface area contributed by atoms with Gasteiger partial charge in [-0.25, -0.2) is 9.78 Å². The average Bonchev–Trinajstić information content (AvgIpc) is 2.94. The molecule has 1 amide bonds. The Kier molecular flexibility index (Phi) is 5.23. The molecule has 0 saturated carbocycles. The van der Waals surface area contributed by atoms with Gasteiger partial charge in [0.05, 0.1) is 18.2 Å². The molecule has 25 heavy (non-hydrogen) atoms. The van der Waals surface area contributed by atoms with Crippen LogP contribution in [-0.4, -0.2) is 60.0 Å². The topological polar surface area (TPSA) is 75.6 Å². The lowest BCUT2D eigenvalue weighted by molar-refractivity contribution is 0.0600. The largest absolute Gasteiger partial charge is 0.465 e. The predicted octanol–water partition coefficient (Wildman–Crippen LogP) is 1.62. The Bertz CT molecular complexity index is 751. The number of ether oxygens (including phenoxy) is 1. The van der Waals surface area contributed by atoms with Gasteiger partial charge in [0.15, 0.2) is 0 Å². The number of hydrogen-bond acceptors (Lipinski definition) is 6. The molecule has 1 aliphatic heterocycles. The van der Waals surface area contributed by atoms with E-state index in [1.54, 1.807) is 42.9 Å². The highest BCUT2D eigenvalue weighted by atomic mass is 16.5. The number of aromatic nitrogens is 2. The fraction of sp³-hybridized carbons (Fsp3) is 0.333. The van der Waals surface area contributed by atoms with Crippen LogP contribution >= 0.6 is 0 Å². The molecule has 1 fully saturated rings. The number of methoxy groups -OCH3 is 1. The number of hydrogen-bond donors (Lipinski definition) is 0. The van der Waals surface area contributed by atoms with Crippen molar-refractivity contribution in [2.45, 2.75) is 6.42 Å². The summed E-state index contributed by atoms with van der Waals surface area (Å²) in [6, 6.07) is 6.90. The molecule has 0 bridgehead atoms. The van der Waals surface area contributed by atoms with Crippen LogP contribution in [0.25, 0.3) is 0 Å². The van der Waals surface area contributed by atoms with E-state index in [2.05, 4.69) is 14.9 Å². The Morgan fingerprint density at radius 3 is 2.72 bits per heavy atom. The fourth-order valence-electron chi connectivity index (χ4n) is 2.86. The van der Waals surface area contributed by atoms with Gasteiger partial charge < -0.3 is 14.5 Å². The SMILES string of the molecule is COC(=O)c1ccnc(N2CCCN(C(=O)c3cccnc3)CC2)c1. The van der Waals surface area contributed by atoms with E-state index in [9.17, 15) is 9.59 Å². The Balaban J connectivity index is 1.70. The zero-order chi connectivity index (χ0) is 17.6. The minimum Gasteiger partial charge on any atom is -0.465 e. The molecule has 0 radical (unpaired) electrons. The molecule has 7 heteroatoms. The molecular weight excluding hydrogens is 320 g/mol. The van der Waals surface area contributed by atoms with E-state index < -0.39 is 0 Å². The number of esters is 1. The molecule has 0 aromatic carbocycles. The minimum absolute atomic E-state index is 0.00813. The summed E-state index contributed by atoms with van der Waals surface area (Å²) >= 11 is 0. The quantitative estimate of drug-likeness (QED) is 0.790. The van der Waals surface area contributed by atoms with Crippen LogP contribution in [0.1, 0.15) is 27.1 Å². The molecule has 130 valence electrons. The smallest absolute Gasteiger partial charge is 0.338 e. The molecule has 1 saturated heterocycles. The molecule has 2 aromatic heterocycles. The molecule has 0 atom stereocenters. The molecule has 1 aliphatic rings. The summed E-state index contributed by atoms with van der Waals surface area (Å²) in [5.74, 6) is 0.330. The first kappa shape index (κ1) is 16.9. The maximum absolute atomic E-state index is 12.6. The molecule has 0 spiro atoms. The molecule has 0 N–H and O–H groups in total. The van der Waals surface area contributed by atoms with Gasteiger partial charge in [-0.05, 0) is 30.7 Å². The summed E-state index contributed by atoms with van der Waals surface area (Å²) in [7, 11) is 1.36. The van der Waals surface area contributed by atoms with Gasteiger partial charge >= 0.3 is 5.97 Å². The number of amides is 1. The lowest BCUT2D eigenvalue weighted by atomic mass is 10.2. The molecule has 3 rings (SSSR count). The first-order chi connectivity index (χ1) is 12.2. The zero-order valence-electron chi connectivity index (χ0n) is 14.1. The fourth-order valence-corrected chi connectivity index (χ4v) is 2.86. The van der Waals surface area contributed by atoms with Gasteiger partial charge in [0.25, 0.3) is 5.91 Å². The van der Waals surface area contributed by atoms with Crippen molar-refractivity contribution in [3.05, 3.63) is 54.0 Å². The van der Waals surface area contributed by atoms with E-state index >= 15 is 0 Å². The third-order valence-electron chi connectivity index (χ3n) is 4.18. The van der Waals surface area contributed by atoms with Crippen molar-refractivity contribution in [2.75, 3.05) is 38.2 Å². The first-order valence-electron chi connectivity index (χ1n) is 8.17. The van der Waals surface area contributed by atoms with Crippen molar-refractivity contribution >= 4 is 17.7 Å². The van der Waals surface area contributed by atoms with Crippen LogP contribution in [0.5, 0.6) is 0 Å². The monoisotopic (exact) mass is 340 g/mol. The van der Waals surface area contributed by atoms with E-state index in [-0.39, 0.29) is 11.9 Å². The summed E-state index contributed by atoms with van der Waals surface area (Å²) in [5.41, 5.74) is 1.07. The van der Waals surface area contributed by atoms with E-state index in [1.165, 1.54) is 7.11 Å². The minimum atomic E-state index is -0.383. The number of carbonyl (C=O) groups is 2. The lowest BCUT2D eigenvalue weighted by Crippen LogP contribution is -2.35. The molecule has 0 unspecified atom stereocenters. The van der Waals surface area contributed by atoms with Crippen molar-refractivity contribution in [3.63, 3.8) is 0 Å². The number of anilines is 1. The standard InChI is InChI=1S/C18H20N4O3/c1-25-18(24)14-5-7-20-16(12-14)21-8-3-9-22(11-10-21)17(23)15-4-2-6-19-13-15/h2,4-7,12-13H,3,8-11H2,1H3. The van der Waals surface area contributed by atoms with Crippen molar-refractivity contribution in [1.82, 2.24) is 14.9 Å². The Morgan fingerprint density at radius 2 is 1.96 bits per heavy atom. The summed E-state index contributed by atoms with van der Waals surface area (Å²) < 4.78 is 4.76. The highest BCUT2D eigenvalue weighted by Gasteiger charge is 2.21. The summed E-state index contributed by atoms with van der Waals surface area (Å²) in [6.07, 6.45) is 5.68. The molecular formula is C18H20N4O3. The first-order valence-corrected chi connectivity index (χ1v) is 8.17. The second kappa shape index (κ2) is 7.74. The van der Waals surface area contributed by atoms with Gasteiger partial charge in [-0.2, -0.15) is 0 Å². The van der Waals surface area contributed by atoms with E-state index in [4.69, 9.17) is 4.74 Å². The Labute approximate surface area is 146 Å². The van der Waals surface area contributed by atoms with Crippen LogP contribution in [0.3, 0.4) is 0 Å². The maximum atomic E-state index is 12.6. The van der Waals surface area contributed by atoms with Crippen LogP contribution < -0.4 is 4.90 Å². The highest BCUT2D eigenvalue weighted by Crippen LogP contribution is 2.17. The van der Waals surface area contributed by atoms with E-state index in [0.717, 1.165) is 18.8 Å². The molecule has 2 aromatic rings. The van der Waals surface area contributed by atoms with Crippen LogP contribution in [-0.2, 0) is 4.74 Å². The van der Waals surface area contributed by atoms with Crippen molar-refractivity contribution < 1.29 is 14.3 Å². The third kappa shape index (κ3) is 3.93. The second-order valence-corrected chi connectivity index (χ2v) is 5.77. The molecule has 3 heterocycles. The van der Waals surface area contributed by atoms with Gasteiger partial charge in [0.1, 0.15) is 5.82 Å². The van der Waals surface area contributed by atoms with Crippen LogP contribution in [0.2, 0.25) is 0 Å². The van der Waals surface area contributed by atoms with Gasteiger partial charge in [0, 0.05) is 44.8 Å². The number of carbonyl (C=O) groups excluding carboxylic acids is 2. The van der Waals surface area contributed by atoms with Crippen LogP contribution in [0.15, 0.2) is 42.9 Å². The van der Waals surface area contributed by atoms with Crippen molar-refractivity contribution in [2.24, 2.45) is 0 Å². The average molecular weight is 340 g/mol. The lowest BCUT2D eigenvalue weighted by Gasteiger charge is -2.23. The van der Waals surface area contributed by atoms with Gasteiger partial charge in [-0.3, -0.25) is 9.78 Å². The number of pyridine rings is 2. The summed E-state index contributed by atoms with van der Waals surface area (Å²) in [6.45, 7) is 2.71. The van der Waals surface area contributed by atoms with Crippen LogP contribution in [0, 0.1) is 0 Å². The van der Waals surface area contributed by atoms with Crippen molar-refractivity contribution in [1.29, 1.82) is 0 Å². The van der Waals surface area contributed by atoms with Crippen molar-refractivity contribution in [3.8, 4) is 0 Å². The zero-order valence-corrected chi connectivity index (χ0v) is 14.1. The van der Waals surface area contributed by atoms with Gasteiger partial charge in [-0.15, -0.1) is 0 Å². The number of nitrogens with zero attached hydrogens (tertiary/aromatic N) is 4. The predicted molar refractivity (Wildman–Crippen MR) is 92.5 cm³/mol. The second-order valence-electron chi connectivity index (χ2n) is 5.77.